The average molecular weight is 160 g/mol. The Kier molecular flexibility index (Phi) is 4.11. The normalized spacial score (nSPS) is 11.5. The van der Waals surface area contributed by atoms with E-state index in [1.807, 2.05) is 0 Å². The maximum Gasteiger partial charge on any atom is 0.309 e. The van der Waals surface area contributed by atoms with Gasteiger partial charge in [-0.3, -0.25) is 4.79 Å². The summed E-state index contributed by atoms with van der Waals surface area (Å²) < 4.78 is 0.808. The van der Waals surface area contributed by atoms with E-state index in [2.05, 4.69) is 21.0 Å². The lowest BCUT2D eigenvalue weighted by molar-refractivity contribution is -0.889. The summed E-state index contributed by atoms with van der Waals surface area (Å²) in [7, 11) is 4.12. The maximum atomic E-state index is 10.2. The number of nitrogens with zero attached hydrogens (tertiary/aromatic N) is 1. The molecular weight excluding hydrogens is 142 g/mol. The van der Waals surface area contributed by atoms with Crippen LogP contribution in [0.5, 0.6) is 0 Å². The number of carboxylic acids is 1. The third kappa shape index (κ3) is 5.85. The molecule has 0 amide bonds. The van der Waals surface area contributed by atoms with Gasteiger partial charge in [0.05, 0.1) is 33.6 Å². The van der Waals surface area contributed by atoms with Crippen molar-refractivity contribution in [3.63, 3.8) is 0 Å². The van der Waals surface area contributed by atoms with Crippen molar-refractivity contribution in [2.45, 2.75) is 19.8 Å². The van der Waals surface area contributed by atoms with E-state index < -0.39 is 5.97 Å². The van der Waals surface area contributed by atoms with E-state index in [-0.39, 0.29) is 6.42 Å². The number of carbonyl (C=O) groups is 1. The average Bonchev–Trinajstić information content (AvgIpc) is 1.84. The molecule has 0 saturated heterocycles. The van der Waals surface area contributed by atoms with Gasteiger partial charge in [-0.1, -0.05) is 6.92 Å². The van der Waals surface area contributed by atoms with Gasteiger partial charge in [-0.15, -0.1) is 0 Å². The third-order valence-electron chi connectivity index (χ3n) is 1.76. The molecule has 0 aromatic rings. The fourth-order valence-corrected chi connectivity index (χ4v) is 1.12. The largest absolute Gasteiger partial charge is 0.481 e. The molecule has 0 aliphatic heterocycles. The van der Waals surface area contributed by atoms with Crippen molar-refractivity contribution in [1.82, 2.24) is 0 Å². The van der Waals surface area contributed by atoms with E-state index in [4.69, 9.17) is 5.11 Å². The molecule has 3 nitrogen and oxygen atoms in total. The van der Waals surface area contributed by atoms with Gasteiger partial charge in [0, 0.05) is 0 Å². The number of quaternary nitrogens is 1. The molecule has 66 valence electrons. The summed E-state index contributed by atoms with van der Waals surface area (Å²) in [5.41, 5.74) is 0. The number of carboxylic acid groups (broad SMARTS) is 1. The van der Waals surface area contributed by atoms with E-state index in [0.29, 0.717) is 0 Å². The molecule has 0 aromatic carbocycles. The minimum absolute atomic E-state index is 0.271. The van der Waals surface area contributed by atoms with Crippen LogP contribution in [0, 0.1) is 0 Å². The Labute approximate surface area is 68.2 Å². The lowest BCUT2D eigenvalue weighted by Crippen LogP contribution is -2.41. The molecule has 0 fully saturated rings. The molecule has 0 aliphatic carbocycles. The molecule has 0 spiro atoms. The zero-order chi connectivity index (χ0) is 8.91. The van der Waals surface area contributed by atoms with Crippen LogP contribution >= 0.6 is 0 Å². The van der Waals surface area contributed by atoms with Gasteiger partial charge in [-0.2, -0.15) is 0 Å². The molecule has 0 saturated carbocycles. The molecule has 1 N–H and O–H groups in total. The molecule has 0 radical (unpaired) electrons. The molecule has 0 unspecified atom stereocenters. The van der Waals surface area contributed by atoms with Gasteiger partial charge >= 0.3 is 5.97 Å². The second-order valence-corrected chi connectivity index (χ2v) is 3.53. The van der Waals surface area contributed by atoms with Gasteiger partial charge in [0.2, 0.25) is 0 Å². The molecule has 0 aliphatic rings. The predicted octanol–water partition coefficient (Wildman–Crippen LogP) is 0.948. The highest BCUT2D eigenvalue weighted by atomic mass is 16.4. The van der Waals surface area contributed by atoms with Crippen LogP contribution in [-0.4, -0.2) is 42.7 Å². The van der Waals surface area contributed by atoms with Crippen LogP contribution < -0.4 is 0 Å². The summed E-state index contributed by atoms with van der Waals surface area (Å²) in [6, 6.07) is 0. The van der Waals surface area contributed by atoms with Crippen molar-refractivity contribution in [1.29, 1.82) is 0 Å². The Morgan fingerprint density at radius 1 is 1.36 bits per heavy atom. The fraction of sp³-hybridized carbons (Fsp3) is 0.875. The SMILES string of the molecule is CCC[N+](C)(C)CCC(=O)O. The van der Waals surface area contributed by atoms with Gasteiger partial charge < -0.3 is 9.59 Å². The molecule has 0 bridgehead atoms. The summed E-state index contributed by atoms with van der Waals surface area (Å²) in [5, 5.41) is 8.44. The van der Waals surface area contributed by atoms with E-state index in [1.165, 1.54) is 0 Å². The van der Waals surface area contributed by atoms with Crippen molar-refractivity contribution in [3.05, 3.63) is 0 Å². The van der Waals surface area contributed by atoms with E-state index in [9.17, 15) is 4.79 Å². The van der Waals surface area contributed by atoms with Crippen molar-refractivity contribution < 1.29 is 14.4 Å². The lowest BCUT2D eigenvalue weighted by Gasteiger charge is -2.28. The molecule has 3 heteroatoms. The Morgan fingerprint density at radius 3 is 2.27 bits per heavy atom. The molecule has 11 heavy (non-hydrogen) atoms. The quantitative estimate of drug-likeness (QED) is 0.608. The second-order valence-electron chi connectivity index (χ2n) is 3.53. The van der Waals surface area contributed by atoms with Crippen LogP contribution in [0.4, 0.5) is 0 Å². The van der Waals surface area contributed by atoms with E-state index in [1.54, 1.807) is 0 Å². The van der Waals surface area contributed by atoms with Crippen LogP contribution in [0.1, 0.15) is 19.8 Å². The van der Waals surface area contributed by atoms with E-state index >= 15 is 0 Å². The minimum Gasteiger partial charge on any atom is -0.481 e. The van der Waals surface area contributed by atoms with Gasteiger partial charge in [0.15, 0.2) is 0 Å². The van der Waals surface area contributed by atoms with Gasteiger partial charge in [-0.05, 0) is 6.42 Å². The van der Waals surface area contributed by atoms with Crippen molar-refractivity contribution in [2.24, 2.45) is 0 Å². The van der Waals surface area contributed by atoms with Crippen LogP contribution in [0.15, 0.2) is 0 Å². The highest BCUT2D eigenvalue weighted by molar-refractivity contribution is 5.66. The highest BCUT2D eigenvalue weighted by Crippen LogP contribution is 2.00. The molecule has 0 rings (SSSR count). The molecule has 0 atom stereocenters. The number of aliphatic carboxylic acids is 1. The Bertz CT molecular complexity index is 132. The topological polar surface area (TPSA) is 37.3 Å². The third-order valence-corrected chi connectivity index (χ3v) is 1.76. The summed E-state index contributed by atoms with van der Waals surface area (Å²) in [6.07, 6.45) is 1.37. The summed E-state index contributed by atoms with van der Waals surface area (Å²) >= 11 is 0. The van der Waals surface area contributed by atoms with Crippen LogP contribution in [0.25, 0.3) is 0 Å². The fourth-order valence-electron chi connectivity index (χ4n) is 1.12. The number of hydrogen-bond donors (Lipinski definition) is 1. The van der Waals surface area contributed by atoms with Gasteiger partial charge in [0.25, 0.3) is 0 Å². The summed E-state index contributed by atoms with van der Waals surface area (Å²) in [5.74, 6) is -0.702. The number of rotatable bonds is 5. The standard InChI is InChI=1S/C8H17NO2/c1-4-6-9(2,3)7-5-8(10)11/h4-7H2,1-3H3/p+1. The first-order valence-electron chi connectivity index (χ1n) is 4.02. The minimum atomic E-state index is -0.702. The van der Waals surface area contributed by atoms with Crippen LogP contribution in [0.3, 0.4) is 0 Å². The number of hydrogen-bond acceptors (Lipinski definition) is 1. The molecular formula is C8H18NO2+. The zero-order valence-electron chi connectivity index (χ0n) is 7.63. The van der Waals surface area contributed by atoms with E-state index in [0.717, 1.165) is 24.0 Å². The highest BCUT2D eigenvalue weighted by Gasteiger charge is 2.14. The van der Waals surface area contributed by atoms with Gasteiger partial charge in [0.1, 0.15) is 0 Å². The second kappa shape index (κ2) is 4.34. The van der Waals surface area contributed by atoms with Gasteiger partial charge in [-0.25, -0.2) is 0 Å². The van der Waals surface area contributed by atoms with Crippen molar-refractivity contribution in [3.8, 4) is 0 Å². The Balaban J connectivity index is 3.63. The van der Waals surface area contributed by atoms with Crippen molar-refractivity contribution in [2.75, 3.05) is 27.2 Å². The first-order chi connectivity index (χ1) is 4.98. The van der Waals surface area contributed by atoms with Crippen LogP contribution in [-0.2, 0) is 4.79 Å². The monoisotopic (exact) mass is 160 g/mol. The summed E-state index contributed by atoms with van der Waals surface area (Å²) in [4.78, 5) is 10.2. The first-order valence-corrected chi connectivity index (χ1v) is 4.02. The predicted molar refractivity (Wildman–Crippen MR) is 44.4 cm³/mol. The first kappa shape index (κ1) is 10.4. The smallest absolute Gasteiger partial charge is 0.309 e. The lowest BCUT2D eigenvalue weighted by atomic mass is 10.3. The summed E-state index contributed by atoms with van der Waals surface area (Å²) in [6.45, 7) is 3.89. The Morgan fingerprint density at radius 2 is 1.91 bits per heavy atom. The zero-order valence-corrected chi connectivity index (χ0v) is 7.63. The molecule has 0 aromatic heterocycles. The maximum absolute atomic E-state index is 10.2. The molecule has 0 heterocycles. The van der Waals surface area contributed by atoms with Crippen molar-refractivity contribution >= 4 is 5.97 Å². The Hall–Kier alpha value is -0.570. The van der Waals surface area contributed by atoms with Crippen LogP contribution in [0.2, 0.25) is 0 Å².